The van der Waals surface area contributed by atoms with Crippen LogP contribution in [0.2, 0.25) is 0 Å². The van der Waals surface area contributed by atoms with Gasteiger partial charge in [-0.2, -0.15) is 0 Å². The number of nitrogens with one attached hydrogen (secondary N) is 1. The van der Waals surface area contributed by atoms with Crippen molar-refractivity contribution in [2.45, 2.75) is 39.8 Å². The molecular formula is C15H18F2N2O. The van der Waals surface area contributed by atoms with Gasteiger partial charge in [0.25, 0.3) is 0 Å². The van der Waals surface area contributed by atoms with E-state index in [1.165, 1.54) is 12.1 Å². The van der Waals surface area contributed by atoms with E-state index < -0.39 is 11.6 Å². The second-order valence-corrected chi connectivity index (χ2v) is 5.05. The van der Waals surface area contributed by atoms with Crippen molar-refractivity contribution in [2.24, 2.45) is 0 Å². The predicted molar refractivity (Wildman–Crippen MR) is 72.3 cm³/mol. The lowest BCUT2D eigenvalue weighted by atomic mass is 10.0. The van der Waals surface area contributed by atoms with Gasteiger partial charge in [0, 0.05) is 23.7 Å². The first-order valence-electron chi connectivity index (χ1n) is 6.53. The summed E-state index contributed by atoms with van der Waals surface area (Å²) in [4.78, 5) is 0. The van der Waals surface area contributed by atoms with Crippen LogP contribution in [0.15, 0.2) is 22.7 Å². The zero-order valence-corrected chi connectivity index (χ0v) is 12.0. The van der Waals surface area contributed by atoms with Gasteiger partial charge in [-0.15, -0.1) is 0 Å². The van der Waals surface area contributed by atoms with E-state index in [-0.39, 0.29) is 12.1 Å². The lowest BCUT2D eigenvalue weighted by molar-refractivity contribution is 0.389. The quantitative estimate of drug-likeness (QED) is 0.920. The fourth-order valence-electron chi connectivity index (χ4n) is 2.49. The number of aryl methyl sites for hydroxylation is 2. The van der Waals surface area contributed by atoms with Crippen molar-refractivity contribution in [1.29, 1.82) is 0 Å². The van der Waals surface area contributed by atoms with E-state index in [2.05, 4.69) is 10.5 Å². The molecular weight excluding hydrogens is 262 g/mol. The zero-order valence-electron chi connectivity index (χ0n) is 12.0. The summed E-state index contributed by atoms with van der Waals surface area (Å²) in [6.07, 6.45) is 0. The van der Waals surface area contributed by atoms with Crippen LogP contribution in [0.5, 0.6) is 0 Å². The molecule has 0 aliphatic carbocycles. The molecule has 0 aliphatic rings. The summed E-state index contributed by atoms with van der Waals surface area (Å²) in [7, 11) is 0. The Labute approximate surface area is 117 Å². The molecule has 1 aromatic carbocycles. The molecule has 0 spiro atoms. The standard InChI is InChI=1S/C15H18F2N2O/c1-8(12-5-13(16)7-14(17)6-12)18-9(2)15-10(3)19-20-11(15)4/h5-9,18H,1-4H3. The lowest BCUT2D eigenvalue weighted by Crippen LogP contribution is -2.23. The summed E-state index contributed by atoms with van der Waals surface area (Å²) in [6.45, 7) is 7.55. The Kier molecular flexibility index (Phi) is 4.18. The van der Waals surface area contributed by atoms with Crippen LogP contribution in [0, 0.1) is 25.5 Å². The Morgan fingerprint density at radius 3 is 2.15 bits per heavy atom. The maximum absolute atomic E-state index is 13.2. The molecule has 0 saturated carbocycles. The highest BCUT2D eigenvalue weighted by Gasteiger charge is 2.19. The minimum absolute atomic E-state index is 0.0254. The topological polar surface area (TPSA) is 38.1 Å². The molecule has 20 heavy (non-hydrogen) atoms. The van der Waals surface area contributed by atoms with Crippen LogP contribution >= 0.6 is 0 Å². The molecule has 0 aliphatic heterocycles. The second-order valence-electron chi connectivity index (χ2n) is 5.05. The van der Waals surface area contributed by atoms with Gasteiger partial charge in [0.05, 0.1) is 5.69 Å². The molecule has 108 valence electrons. The third-order valence-electron chi connectivity index (χ3n) is 3.41. The molecule has 0 bridgehead atoms. The molecule has 0 fully saturated rings. The number of aromatic nitrogens is 1. The molecule has 5 heteroatoms. The molecule has 1 aromatic heterocycles. The summed E-state index contributed by atoms with van der Waals surface area (Å²) >= 11 is 0. The van der Waals surface area contributed by atoms with Gasteiger partial charge in [-0.1, -0.05) is 5.16 Å². The normalized spacial score (nSPS) is 14.3. The Morgan fingerprint density at radius 2 is 1.65 bits per heavy atom. The maximum Gasteiger partial charge on any atom is 0.138 e. The number of halogens is 2. The van der Waals surface area contributed by atoms with Gasteiger partial charge in [0.15, 0.2) is 0 Å². The molecule has 0 saturated heterocycles. The highest BCUT2D eigenvalue weighted by Crippen LogP contribution is 2.25. The predicted octanol–water partition coefficient (Wildman–Crippen LogP) is 3.98. The van der Waals surface area contributed by atoms with Crippen LogP contribution < -0.4 is 5.32 Å². The monoisotopic (exact) mass is 280 g/mol. The van der Waals surface area contributed by atoms with Gasteiger partial charge < -0.3 is 9.84 Å². The molecule has 0 amide bonds. The first-order valence-corrected chi connectivity index (χ1v) is 6.53. The number of rotatable bonds is 4. The highest BCUT2D eigenvalue weighted by atomic mass is 19.1. The first kappa shape index (κ1) is 14.7. The Bertz CT molecular complexity index is 570. The Hall–Kier alpha value is -1.75. The van der Waals surface area contributed by atoms with Crippen LogP contribution in [0.1, 0.15) is 48.5 Å². The number of nitrogens with zero attached hydrogens (tertiary/aromatic N) is 1. The van der Waals surface area contributed by atoms with Crippen LogP contribution in [-0.2, 0) is 0 Å². The first-order chi connectivity index (χ1) is 9.38. The van der Waals surface area contributed by atoms with E-state index in [1.807, 2.05) is 27.7 Å². The molecule has 1 heterocycles. The van der Waals surface area contributed by atoms with Gasteiger partial charge in [0.1, 0.15) is 17.4 Å². The second kappa shape index (κ2) is 5.71. The van der Waals surface area contributed by atoms with Crippen LogP contribution in [-0.4, -0.2) is 5.16 Å². The lowest BCUT2D eigenvalue weighted by Gasteiger charge is -2.20. The van der Waals surface area contributed by atoms with Gasteiger partial charge >= 0.3 is 0 Å². The van der Waals surface area contributed by atoms with Crippen molar-refractivity contribution >= 4 is 0 Å². The average molecular weight is 280 g/mol. The Balaban J connectivity index is 2.17. The zero-order chi connectivity index (χ0) is 14.9. The number of benzene rings is 1. The summed E-state index contributed by atoms with van der Waals surface area (Å²) < 4.78 is 31.6. The van der Waals surface area contributed by atoms with Crippen molar-refractivity contribution in [1.82, 2.24) is 10.5 Å². The van der Waals surface area contributed by atoms with Gasteiger partial charge in [-0.25, -0.2) is 8.78 Å². The van der Waals surface area contributed by atoms with E-state index in [1.54, 1.807) is 0 Å². The Morgan fingerprint density at radius 1 is 1.05 bits per heavy atom. The van der Waals surface area contributed by atoms with Crippen molar-refractivity contribution in [3.63, 3.8) is 0 Å². The van der Waals surface area contributed by atoms with Crippen molar-refractivity contribution in [3.8, 4) is 0 Å². The van der Waals surface area contributed by atoms with Crippen LogP contribution in [0.25, 0.3) is 0 Å². The van der Waals surface area contributed by atoms with Gasteiger partial charge in [0.2, 0.25) is 0 Å². The van der Waals surface area contributed by atoms with Crippen LogP contribution in [0.3, 0.4) is 0 Å². The van der Waals surface area contributed by atoms with E-state index in [0.29, 0.717) is 5.56 Å². The molecule has 2 rings (SSSR count). The van der Waals surface area contributed by atoms with Crippen molar-refractivity contribution < 1.29 is 13.3 Å². The molecule has 1 N–H and O–H groups in total. The maximum atomic E-state index is 13.2. The smallest absolute Gasteiger partial charge is 0.138 e. The molecule has 2 aromatic rings. The van der Waals surface area contributed by atoms with Gasteiger partial charge in [-0.05, 0) is 45.4 Å². The fraction of sp³-hybridized carbons (Fsp3) is 0.400. The highest BCUT2D eigenvalue weighted by molar-refractivity contribution is 5.26. The SMILES string of the molecule is Cc1noc(C)c1C(C)NC(C)c1cc(F)cc(F)c1. The van der Waals surface area contributed by atoms with E-state index >= 15 is 0 Å². The molecule has 2 unspecified atom stereocenters. The van der Waals surface area contributed by atoms with Gasteiger partial charge in [-0.3, -0.25) is 0 Å². The largest absolute Gasteiger partial charge is 0.361 e. The van der Waals surface area contributed by atoms with Crippen molar-refractivity contribution in [2.75, 3.05) is 0 Å². The third kappa shape index (κ3) is 3.04. The molecule has 3 nitrogen and oxygen atoms in total. The molecule has 0 radical (unpaired) electrons. The fourth-order valence-corrected chi connectivity index (χ4v) is 2.49. The van der Waals surface area contributed by atoms with E-state index in [4.69, 9.17) is 4.52 Å². The van der Waals surface area contributed by atoms with Crippen molar-refractivity contribution in [3.05, 3.63) is 52.4 Å². The molecule has 2 atom stereocenters. The van der Waals surface area contributed by atoms with E-state index in [0.717, 1.165) is 23.1 Å². The van der Waals surface area contributed by atoms with E-state index in [9.17, 15) is 8.78 Å². The van der Waals surface area contributed by atoms with Crippen LogP contribution in [0.4, 0.5) is 8.78 Å². The minimum Gasteiger partial charge on any atom is -0.361 e. The average Bonchev–Trinajstić information content (AvgIpc) is 2.67. The summed E-state index contributed by atoms with van der Waals surface area (Å²) in [5.74, 6) is -0.391. The summed E-state index contributed by atoms with van der Waals surface area (Å²) in [5, 5.41) is 7.21. The summed E-state index contributed by atoms with van der Waals surface area (Å²) in [5.41, 5.74) is 2.37. The summed E-state index contributed by atoms with van der Waals surface area (Å²) in [6, 6.07) is 3.32. The number of hydrogen-bond acceptors (Lipinski definition) is 3. The number of hydrogen-bond donors (Lipinski definition) is 1. The minimum atomic E-state index is -0.571. The third-order valence-corrected chi connectivity index (χ3v) is 3.41.